The van der Waals surface area contributed by atoms with E-state index in [1.807, 2.05) is 55.5 Å². The number of aryl methyl sites for hydroxylation is 1. The van der Waals surface area contributed by atoms with Gasteiger partial charge in [-0.15, -0.1) is 0 Å². The number of carbonyl (C=O) groups is 1. The lowest BCUT2D eigenvalue weighted by molar-refractivity contribution is -0.116. The van der Waals surface area contributed by atoms with Gasteiger partial charge in [-0.25, -0.2) is 9.37 Å². The van der Waals surface area contributed by atoms with E-state index in [9.17, 15) is 14.0 Å². The van der Waals surface area contributed by atoms with E-state index in [-0.39, 0.29) is 30.1 Å². The second kappa shape index (κ2) is 9.06. The van der Waals surface area contributed by atoms with Gasteiger partial charge in [0, 0.05) is 11.1 Å². The van der Waals surface area contributed by atoms with Crippen molar-refractivity contribution in [1.82, 2.24) is 14.1 Å². The number of hydrogen-bond donors (Lipinski definition) is 1. The molecular weight excluding hydrogens is 447 g/mol. The summed E-state index contributed by atoms with van der Waals surface area (Å²) in [6.45, 7) is 2.07. The van der Waals surface area contributed by atoms with Crippen molar-refractivity contribution in [2.24, 2.45) is 0 Å². The Labute approximate surface area is 200 Å². The third-order valence-electron chi connectivity index (χ3n) is 6.02. The highest BCUT2D eigenvalue weighted by atomic mass is 19.1. The van der Waals surface area contributed by atoms with Crippen LogP contribution in [0.2, 0.25) is 0 Å². The highest BCUT2D eigenvalue weighted by Gasteiger charge is 2.19. The summed E-state index contributed by atoms with van der Waals surface area (Å²) in [4.78, 5) is 31.1. The average molecular weight is 471 g/mol. The minimum absolute atomic E-state index is 0.122. The number of hydrogen-bond acceptors (Lipinski definition) is 4. The third kappa shape index (κ3) is 4.26. The van der Waals surface area contributed by atoms with Crippen LogP contribution in [0.5, 0.6) is 5.75 Å². The molecule has 2 aromatic heterocycles. The standard InChI is InChI=1S/C27H23FN4O3/c1-17-5-3-4-6-22(17)30-24(33)15-32-23-12-9-19(28)13-21(23)25-26(32)27(34)31(16-29-25)14-18-7-10-20(35-2)11-8-18/h3-13,16H,14-15H2,1-2H3,(H,30,33). The summed E-state index contributed by atoms with van der Waals surface area (Å²) < 4.78 is 22.4. The molecule has 8 heteroatoms. The fourth-order valence-corrected chi connectivity index (χ4v) is 4.22. The van der Waals surface area contributed by atoms with E-state index < -0.39 is 5.82 Å². The van der Waals surface area contributed by atoms with Gasteiger partial charge in [-0.1, -0.05) is 30.3 Å². The zero-order chi connectivity index (χ0) is 24.5. The zero-order valence-electron chi connectivity index (χ0n) is 19.3. The third-order valence-corrected chi connectivity index (χ3v) is 6.02. The van der Waals surface area contributed by atoms with Crippen molar-refractivity contribution < 1.29 is 13.9 Å². The molecule has 0 fully saturated rings. The molecule has 0 spiro atoms. The Morgan fingerprint density at radius 1 is 1.09 bits per heavy atom. The van der Waals surface area contributed by atoms with Gasteiger partial charge in [-0.05, 0) is 54.4 Å². The maximum atomic E-state index is 14.1. The molecule has 7 nitrogen and oxygen atoms in total. The summed E-state index contributed by atoms with van der Waals surface area (Å²) in [5.41, 5.74) is 3.37. The average Bonchev–Trinajstić information content (AvgIpc) is 3.15. The Bertz CT molecular complexity index is 1620. The quantitative estimate of drug-likeness (QED) is 0.397. The fourth-order valence-electron chi connectivity index (χ4n) is 4.22. The highest BCUT2D eigenvalue weighted by Crippen LogP contribution is 2.26. The molecule has 35 heavy (non-hydrogen) atoms. The Balaban J connectivity index is 1.59. The van der Waals surface area contributed by atoms with Gasteiger partial charge in [-0.2, -0.15) is 0 Å². The molecule has 0 radical (unpaired) electrons. The van der Waals surface area contributed by atoms with Crippen molar-refractivity contribution in [2.45, 2.75) is 20.0 Å². The normalized spacial score (nSPS) is 11.2. The van der Waals surface area contributed by atoms with Crippen LogP contribution in [-0.4, -0.2) is 27.1 Å². The molecule has 0 unspecified atom stereocenters. The highest BCUT2D eigenvalue weighted by molar-refractivity contribution is 6.06. The lowest BCUT2D eigenvalue weighted by atomic mass is 10.2. The van der Waals surface area contributed by atoms with E-state index in [1.54, 1.807) is 17.7 Å². The van der Waals surface area contributed by atoms with E-state index in [1.165, 1.54) is 23.0 Å². The van der Waals surface area contributed by atoms with Crippen molar-refractivity contribution >= 4 is 33.5 Å². The van der Waals surface area contributed by atoms with Gasteiger partial charge in [0.2, 0.25) is 5.91 Å². The monoisotopic (exact) mass is 470 g/mol. The van der Waals surface area contributed by atoms with Gasteiger partial charge in [0.1, 0.15) is 29.1 Å². The van der Waals surface area contributed by atoms with Gasteiger partial charge in [0.05, 0.1) is 25.5 Å². The number of nitrogens with one attached hydrogen (secondary N) is 1. The van der Waals surface area contributed by atoms with E-state index >= 15 is 0 Å². The minimum Gasteiger partial charge on any atom is -0.497 e. The molecule has 5 rings (SSSR count). The molecule has 1 amide bonds. The van der Waals surface area contributed by atoms with Gasteiger partial charge < -0.3 is 14.6 Å². The number of anilines is 1. The fraction of sp³-hybridized carbons (Fsp3) is 0.148. The number of carbonyl (C=O) groups excluding carboxylic acids is 1. The number of rotatable bonds is 6. The first-order valence-electron chi connectivity index (χ1n) is 11.1. The summed E-state index contributed by atoms with van der Waals surface area (Å²) >= 11 is 0. The number of methoxy groups -OCH3 is 1. The number of nitrogens with zero attached hydrogens (tertiary/aromatic N) is 3. The van der Waals surface area contributed by atoms with Crippen molar-refractivity contribution in [3.63, 3.8) is 0 Å². The summed E-state index contributed by atoms with van der Waals surface area (Å²) in [5.74, 6) is -0.0194. The second-order valence-corrected chi connectivity index (χ2v) is 8.33. The predicted molar refractivity (Wildman–Crippen MR) is 133 cm³/mol. The van der Waals surface area contributed by atoms with Crippen LogP contribution in [0.3, 0.4) is 0 Å². The lowest BCUT2D eigenvalue weighted by Crippen LogP contribution is -2.25. The van der Waals surface area contributed by atoms with E-state index in [2.05, 4.69) is 10.3 Å². The Morgan fingerprint density at radius 3 is 2.60 bits per heavy atom. The second-order valence-electron chi connectivity index (χ2n) is 8.33. The maximum Gasteiger partial charge on any atom is 0.278 e. The first-order chi connectivity index (χ1) is 16.9. The summed E-state index contributed by atoms with van der Waals surface area (Å²) in [6, 6.07) is 19.1. The summed E-state index contributed by atoms with van der Waals surface area (Å²) in [7, 11) is 1.59. The summed E-state index contributed by atoms with van der Waals surface area (Å²) in [6.07, 6.45) is 1.46. The van der Waals surface area contributed by atoms with Crippen LogP contribution >= 0.6 is 0 Å². The molecular formula is C27H23FN4O3. The summed E-state index contributed by atoms with van der Waals surface area (Å²) in [5, 5.41) is 3.38. The molecule has 1 N–H and O–H groups in total. The number of ether oxygens (including phenoxy) is 1. The van der Waals surface area contributed by atoms with Crippen LogP contribution in [0.15, 0.2) is 77.9 Å². The van der Waals surface area contributed by atoms with Gasteiger partial charge in [-0.3, -0.25) is 14.2 Å². The van der Waals surface area contributed by atoms with Crippen molar-refractivity contribution in [3.8, 4) is 5.75 Å². The number of benzene rings is 3. The number of fused-ring (bicyclic) bond motifs is 3. The molecule has 0 atom stereocenters. The topological polar surface area (TPSA) is 78.2 Å². The molecule has 0 saturated carbocycles. The number of amides is 1. The Kier molecular flexibility index (Phi) is 5.78. The molecule has 2 heterocycles. The molecule has 0 aliphatic heterocycles. The lowest BCUT2D eigenvalue weighted by Gasteiger charge is -2.11. The van der Waals surface area contributed by atoms with Crippen LogP contribution in [-0.2, 0) is 17.9 Å². The van der Waals surface area contributed by atoms with Crippen LogP contribution in [0.4, 0.5) is 10.1 Å². The van der Waals surface area contributed by atoms with E-state index in [0.717, 1.165) is 16.9 Å². The van der Waals surface area contributed by atoms with E-state index in [4.69, 9.17) is 4.74 Å². The maximum absolute atomic E-state index is 14.1. The zero-order valence-corrected chi connectivity index (χ0v) is 19.3. The Hall–Kier alpha value is -4.46. The first-order valence-corrected chi connectivity index (χ1v) is 11.1. The molecule has 3 aromatic carbocycles. The Morgan fingerprint density at radius 2 is 1.86 bits per heavy atom. The SMILES string of the molecule is COc1ccc(Cn2cnc3c4cc(F)ccc4n(CC(=O)Nc4ccccc4C)c3c2=O)cc1. The van der Waals surface area contributed by atoms with Crippen molar-refractivity contribution in [2.75, 3.05) is 12.4 Å². The van der Waals surface area contributed by atoms with Crippen molar-refractivity contribution in [1.29, 1.82) is 0 Å². The number of halogens is 1. The molecule has 5 aromatic rings. The van der Waals surface area contributed by atoms with Gasteiger partial charge in [0.15, 0.2) is 0 Å². The van der Waals surface area contributed by atoms with Crippen LogP contribution in [0.25, 0.3) is 21.9 Å². The molecule has 0 aliphatic rings. The van der Waals surface area contributed by atoms with Crippen LogP contribution in [0.1, 0.15) is 11.1 Å². The van der Waals surface area contributed by atoms with Crippen LogP contribution in [0, 0.1) is 12.7 Å². The molecule has 176 valence electrons. The first kappa shape index (κ1) is 22.3. The molecule has 0 bridgehead atoms. The van der Waals surface area contributed by atoms with Gasteiger partial charge >= 0.3 is 0 Å². The number of aromatic nitrogens is 3. The van der Waals surface area contributed by atoms with Crippen LogP contribution < -0.4 is 15.6 Å². The molecule has 0 saturated heterocycles. The van der Waals surface area contributed by atoms with Crippen molar-refractivity contribution in [3.05, 3.63) is 100 Å². The molecule has 0 aliphatic carbocycles. The number of para-hydroxylation sites is 1. The largest absolute Gasteiger partial charge is 0.497 e. The minimum atomic E-state index is -0.440. The van der Waals surface area contributed by atoms with E-state index in [0.29, 0.717) is 22.1 Å². The predicted octanol–water partition coefficient (Wildman–Crippen LogP) is 4.49. The van der Waals surface area contributed by atoms with Gasteiger partial charge in [0.25, 0.3) is 5.56 Å². The smallest absolute Gasteiger partial charge is 0.278 e.